The van der Waals surface area contributed by atoms with E-state index in [0.717, 1.165) is 18.4 Å². The van der Waals surface area contributed by atoms with Gasteiger partial charge in [-0.05, 0) is 43.9 Å². The molecule has 94 valence electrons. The molecule has 3 nitrogen and oxygen atoms in total. The van der Waals surface area contributed by atoms with E-state index in [1.54, 1.807) is 25.3 Å². The summed E-state index contributed by atoms with van der Waals surface area (Å²) in [5, 5.41) is 11.3. The van der Waals surface area contributed by atoms with E-state index in [1.165, 1.54) is 0 Å². The summed E-state index contributed by atoms with van der Waals surface area (Å²) in [6, 6.07) is 5.55. The van der Waals surface area contributed by atoms with E-state index in [4.69, 9.17) is 22.1 Å². The van der Waals surface area contributed by atoms with Gasteiger partial charge >= 0.3 is 0 Å². The molecular formula is C13H18ClNO2. The van der Waals surface area contributed by atoms with Crippen LogP contribution in [0.3, 0.4) is 0 Å². The summed E-state index contributed by atoms with van der Waals surface area (Å²) in [5.41, 5.74) is 5.79. The molecule has 3 N–H and O–H groups in total. The molecule has 0 saturated heterocycles. The average molecular weight is 256 g/mol. The smallest absolute Gasteiger partial charge is 0.125 e. The van der Waals surface area contributed by atoms with Gasteiger partial charge in [-0.25, -0.2) is 0 Å². The second kappa shape index (κ2) is 4.84. The highest BCUT2D eigenvalue weighted by Gasteiger charge is 2.36. The van der Waals surface area contributed by atoms with Crippen molar-refractivity contribution in [3.05, 3.63) is 28.8 Å². The lowest BCUT2D eigenvalue weighted by molar-refractivity contribution is -0.00683. The topological polar surface area (TPSA) is 55.5 Å². The first-order valence-corrected chi connectivity index (χ1v) is 6.25. The zero-order chi connectivity index (χ0) is 12.5. The van der Waals surface area contributed by atoms with Gasteiger partial charge < -0.3 is 15.6 Å². The summed E-state index contributed by atoms with van der Waals surface area (Å²) in [7, 11) is 1.60. The van der Waals surface area contributed by atoms with Gasteiger partial charge in [0.15, 0.2) is 0 Å². The SMILES string of the molecule is COc1ccc(Cl)cc1C1(O)CCC(N)CC1. The second-order valence-electron chi connectivity index (χ2n) is 4.71. The quantitative estimate of drug-likeness (QED) is 0.854. The van der Waals surface area contributed by atoms with Gasteiger partial charge in [-0.3, -0.25) is 0 Å². The van der Waals surface area contributed by atoms with E-state index in [9.17, 15) is 5.11 Å². The van der Waals surface area contributed by atoms with Crippen LogP contribution in [0.4, 0.5) is 0 Å². The maximum atomic E-state index is 10.7. The standard InChI is InChI=1S/C13H18ClNO2/c1-17-12-3-2-9(14)8-11(12)13(16)6-4-10(15)5-7-13/h2-3,8,10,16H,4-7,15H2,1H3. The Bertz CT molecular complexity index is 400. The molecule has 0 heterocycles. The molecular weight excluding hydrogens is 238 g/mol. The van der Waals surface area contributed by atoms with Crippen LogP contribution in [0.25, 0.3) is 0 Å². The summed E-state index contributed by atoms with van der Waals surface area (Å²) >= 11 is 5.99. The van der Waals surface area contributed by atoms with Crippen LogP contribution in [0.5, 0.6) is 5.75 Å². The molecule has 0 spiro atoms. The number of benzene rings is 1. The third-order valence-corrected chi connectivity index (χ3v) is 3.76. The molecule has 0 amide bonds. The van der Waals surface area contributed by atoms with Crippen LogP contribution in [0.2, 0.25) is 5.02 Å². The molecule has 1 aromatic rings. The zero-order valence-electron chi connectivity index (χ0n) is 9.95. The number of hydrogen-bond acceptors (Lipinski definition) is 3. The van der Waals surface area contributed by atoms with Crippen molar-refractivity contribution in [2.45, 2.75) is 37.3 Å². The van der Waals surface area contributed by atoms with E-state index in [0.29, 0.717) is 23.6 Å². The Hall–Kier alpha value is -0.770. The molecule has 4 heteroatoms. The van der Waals surface area contributed by atoms with Crippen LogP contribution in [-0.2, 0) is 5.60 Å². The molecule has 0 aliphatic heterocycles. The lowest BCUT2D eigenvalue weighted by Crippen LogP contribution is -2.37. The maximum absolute atomic E-state index is 10.7. The number of ether oxygens (including phenoxy) is 1. The number of hydrogen-bond donors (Lipinski definition) is 2. The van der Waals surface area contributed by atoms with Gasteiger partial charge in [0.2, 0.25) is 0 Å². The first kappa shape index (κ1) is 12.7. The monoisotopic (exact) mass is 255 g/mol. The van der Waals surface area contributed by atoms with Crippen LogP contribution in [-0.4, -0.2) is 18.3 Å². The third-order valence-electron chi connectivity index (χ3n) is 3.52. The zero-order valence-corrected chi connectivity index (χ0v) is 10.7. The Morgan fingerprint density at radius 3 is 2.65 bits per heavy atom. The van der Waals surface area contributed by atoms with Crippen LogP contribution >= 0.6 is 11.6 Å². The van der Waals surface area contributed by atoms with Crippen molar-refractivity contribution in [2.75, 3.05) is 7.11 Å². The Labute approximate surface area is 107 Å². The fourth-order valence-electron chi connectivity index (χ4n) is 2.43. The van der Waals surface area contributed by atoms with Gasteiger partial charge in [0, 0.05) is 16.6 Å². The molecule has 0 aromatic heterocycles. The summed E-state index contributed by atoms with van der Waals surface area (Å²) in [6.45, 7) is 0. The highest BCUT2D eigenvalue weighted by atomic mass is 35.5. The van der Waals surface area contributed by atoms with Crippen molar-refractivity contribution in [3.8, 4) is 5.75 Å². The van der Waals surface area contributed by atoms with E-state index >= 15 is 0 Å². The summed E-state index contributed by atoms with van der Waals surface area (Å²) in [5.74, 6) is 0.687. The maximum Gasteiger partial charge on any atom is 0.125 e. The molecule has 0 unspecified atom stereocenters. The van der Waals surface area contributed by atoms with Crippen molar-refractivity contribution in [1.82, 2.24) is 0 Å². The molecule has 0 atom stereocenters. The highest BCUT2D eigenvalue weighted by molar-refractivity contribution is 6.30. The van der Waals surface area contributed by atoms with Gasteiger partial charge in [0.1, 0.15) is 5.75 Å². The fraction of sp³-hybridized carbons (Fsp3) is 0.538. The Balaban J connectivity index is 2.34. The number of methoxy groups -OCH3 is 1. The summed E-state index contributed by atoms with van der Waals surface area (Å²) in [6.07, 6.45) is 2.97. The predicted octanol–water partition coefficient (Wildman–Crippen LogP) is 2.44. The Kier molecular flexibility index (Phi) is 3.61. The molecule has 1 aliphatic carbocycles. The molecule has 1 saturated carbocycles. The van der Waals surface area contributed by atoms with E-state index < -0.39 is 5.60 Å². The lowest BCUT2D eigenvalue weighted by Gasteiger charge is -2.36. The van der Waals surface area contributed by atoms with Gasteiger partial charge in [-0.1, -0.05) is 11.6 Å². The van der Waals surface area contributed by atoms with Gasteiger partial charge in [-0.2, -0.15) is 0 Å². The number of aliphatic hydroxyl groups is 1. The first-order chi connectivity index (χ1) is 8.05. The van der Waals surface area contributed by atoms with Gasteiger partial charge in [0.25, 0.3) is 0 Å². The van der Waals surface area contributed by atoms with Crippen molar-refractivity contribution in [1.29, 1.82) is 0 Å². The van der Waals surface area contributed by atoms with Crippen LogP contribution < -0.4 is 10.5 Å². The third kappa shape index (κ3) is 2.57. The van der Waals surface area contributed by atoms with Crippen LogP contribution in [0, 0.1) is 0 Å². The van der Waals surface area contributed by atoms with Crippen molar-refractivity contribution >= 4 is 11.6 Å². The second-order valence-corrected chi connectivity index (χ2v) is 5.15. The molecule has 2 rings (SSSR count). The molecule has 0 radical (unpaired) electrons. The van der Waals surface area contributed by atoms with E-state index in [2.05, 4.69) is 0 Å². The summed E-state index contributed by atoms with van der Waals surface area (Å²) in [4.78, 5) is 0. The van der Waals surface area contributed by atoms with Crippen LogP contribution in [0.1, 0.15) is 31.2 Å². The molecule has 17 heavy (non-hydrogen) atoms. The fourth-order valence-corrected chi connectivity index (χ4v) is 2.60. The molecule has 0 bridgehead atoms. The molecule has 1 fully saturated rings. The Morgan fingerprint density at radius 1 is 1.41 bits per heavy atom. The molecule has 1 aromatic carbocycles. The predicted molar refractivity (Wildman–Crippen MR) is 68.3 cm³/mol. The minimum Gasteiger partial charge on any atom is -0.496 e. The lowest BCUT2D eigenvalue weighted by atomic mass is 9.77. The number of halogens is 1. The Morgan fingerprint density at radius 2 is 2.06 bits per heavy atom. The first-order valence-electron chi connectivity index (χ1n) is 5.87. The number of rotatable bonds is 2. The molecule has 1 aliphatic rings. The van der Waals surface area contributed by atoms with Crippen molar-refractivity contribution in [3.63, 3.8) is 0 Å². The summed E-state index contributed by atoms with van der Waals surface area (Å²) < 4.78 is 5.30. The van der Waals surface area contributed by atoms with E-state index in [1.807, 2.05) is 0 Å². The van der Waals surface area contributed by atoms with E-state index in [-0.39, 0.29) is 6.04 Å². The van der Waals surface area contributed by atoms with Crippen molar-refractivity contribution in [2.24, 2.45) is 5.73 Å². The number of nitrogens with two attached hydrogens (primary N) is 1. The highest BCUT2D eigenvalue weighted by Crippen LogP contribution is 2.41. The largest absolute Gasteiger partial charge is 0.496 e. The average Bonchev–Trinajstić information content (AvgIpc) is 2.33. The minimum atomic E-state index is -0.855. The minimum absolute atomic E-state index is 0.195. The van der Waals surface area contributed by atoms with Crippen molar-refractivity contribution < 1.29 is 9.84 Å². The van der Waals surface area contributed by atoms with Gasteiger partial charge in [-0.15, -0.1) is 0 Å². The van der Waals surface area contributed by atoms with Gasteiger partial charge in [0.05, 0.1) is 12.7 Å². The normalized spacial score (nSPS) is 29.1. The van der Waals surface area contributed by atoms with Crippen LogP contribution in [0.15, 0.2) is 18.2 Å².